The second-order valence-electron chi connectivity index (χ2n) is 5.35. The van der Waals surface area contributed by atoms with E-state index >= 15 is 0 Å². The highest BCUT2D eigenvalue weighted by Crippen LogP contribution is 2.45. The van der Waals surface area contributed by atoms with E-state index in [4.69, 9.17) is 0 Å². The second-order valence-corrected chi connectivity index (χ2v) is 5.35. The summed E-state index contributed by atoms with van der Waals surface area (Å²) in [4.78, 5) is 0. The summed E-state index contributed by atoms with van der Waals surface area (Å²) in [7, 11) is 0. The molecule has 4 rings (SSSR count). The maximum absolute atomic E-state index is 2.31. The van der Waals surface area contributed by atoms with Crippen LogP contribution in [-0.4, -0.2) is 0 Å². The van der Waals surface area contributed by atoms with E-state index in [0.29, 0.717) is 0 Å². The fourth-order valence-electron chi connectivity index (χ4n) is 3.02. The van der Waals surface area contributed by atoms with E-state index in [2.05, 4.69) is 54.6 Å². The summed E-state index contributed by atoms with van der Waals surface area (Å²) < 4.78 is 0. The molecule has 0 aliphatic heterocycles. The Morgan fingerprint density at radius 1 is 0.833 bits per heavy atom. The molecule has 0 bridgehead atoms. The molecule has 0 unspecified atom stereocenters. The highest BCUT2D eigenvalue weighted by molar-refractivity contribution is 5.81. The van der Waals surface area contributed by atoms with Crippen molar-refractivity contribution in [2.75, 3.05) is 0 Å². The zero-order valence-electron chi connectivity index (χ0n) is 10.4. The zero-order valence-corrected chi connectivity index (χ0v) is 10.4. The van der Waals surface area contributed by atoms with Crippen LogP contribution in [0.3, 0.4) is 0 Å². The van der Waals surface area contributed by atoms with E-state index in [0.717, 1.165) is 12.3 Å². The Balaban J connectivity index is 1.93. The fraction of sp³-hybridized carbons (Fsp3) is 0.222. The molecule has 0 N–H and O–H groups in total. The Morgan fingerprint density at radius 3 is 2.56 bits per heavy atom. The number of hydrogen-bond acceptors (Lipinski definition) is 0. The molecular formula is C18H16. The Morgan fingerprint density at radius 2 is 1.67 bits per heavy atom. The maximum atomic E-state index is 2.31. The van der Waals surface area contributed by atoms with Gasteiger partial charge in [0.15, 0.2) is 0 Å². The summed E-state index contributed by atoms with van der Waals surface area (Å²) in [5, 5.41) is 0. The second kappa shape index (κ2) is 3.84. The van der Waals surface area contributed by atoms with E-state index in [1.54, 1.807) is 5.56 Å². The first-order valence-corrected chi connectivity index (χ1v) is 6.81. The predicted molar refractivity (Wildman–Crippen MR) is 76.6 cm³/mol. The minimum absolute atomic E-state index is 0.808. The van der Waals surface area contributed by atoms with Crippen LogP contribution < -0.4 is 0 Å². The van der Waals surface area contributed by atoms with Crippen LogP contribution in [0.2, 0.25) is 0 Å². The van der Waals surface area contributed by atoms with Crippen LogP contribution >= 0.6 is 0 Å². The molecule has 2 aromatic rings. The molecule has 0 atom stereocenters. The SMILES string of the molecule is C1=Cc2c(cccc2-c2ccccc2C2CC2)C1. The molecule has 0 saturated heterocycles. The predicted octanol–water partition coefficient (Wildman–Crippen LogP) is 4.80. The molecule has 18 heavy (non-hydrogen) atoms. The molecule has 88 valence electrons. The van der Waals surface area contributed by atoms with E-state index in [-0.39, 0.29) is 0 Å². The first kappa shape index (κ1) is 10.1. The van der Waals surface area contributed by atoms with Crippen LogP contribution in [0.5, 0.6) is 0 Å². The lowest BCUT2D eigenvalue weighted by Crippen LogP contribution is -1.91. The van der Waals surface area contributed by atoms with Gasteiger partial charge in [-0.2, -0.15) is 0 Å². The summed E-state index contributed by atoms with van der Waals surface area (Å²) in [6, 6.07) is 15.7. The van der Waals surface area contributed by atoms with Crippen molar-refractivity contribution >= 4 is 6.08 Å². The van der Waals surface area contributed by atoms with Crippen molar-refractivity contribution in [3.63, 3.8) is 0 Å². The van der Waals surface area contributed by atoms with Gasteiger partial charge in [0.1, 0.15) is 0 Å². The zero-order chi connectivity index (χ0) is 11.9. The van der Waals surface area contributed by atoms with Gasteiger partial charge in [0.25, 0.3) is 0 Å². The molecule has 0 radical (unpaired) electrons. The van der Waals surface area contributed by atoms with E-state index in [9.17, 15) is 0 Å². The molecule has 0 spiro atoms. The van der Waals surface area contributed by atoms with Crippen molar-refractivity contribution in [3.8, 4) is 11.1 Å². The third kappa shape index (κ3) is 1.53. The van der Waals surface area contributed by atoms with Crippen molar-refractivity contribution in [2.45, 2.75) is 25.2 Å². The van der Waals surface area contributed by atoms with Gasteiger partial charge < -0.3 is 0 Å². The molecular weight excluding hydrogens is 216 g/mol. The summed E-state index contributed by atoms with van der Waals surface area (Å²) in [6.07, 6.45) is 8.38. The third-order valence-electron chi connectivity index (χ3n) is 4.09. The van der Waals surface area contributed by atoms with Crippen molar-refractivity contribution in [3.05, 3.63) is 65.2 Å². The van der Waals surface area contributed by atoms with Crippen molar-refractivity contribution < 1.29 is 0 Å². The van der Waals surface area contributed by atoms with Crippen LogP contribution in [0, 0.1) is 0 Å². The lowest BCUT2D eigenvalue weighted by Gasteiger charge is -2.12. The van der Waals surface area contributed by atoms with Gasteiger partial charge in [0, 0.05) is 0 Å². The van der Waals surface area contributed by atoms with E-state index in [1.165, 1.54) is 35.1 Å². The van der Waals surface area contributed by atoms with Gasteiger partial charge in [-0.3, -0.25) is 0 Å². The molecule has 2 aliphatic rings. The van der Waals surface area contributed by atoms with Crippen LogP contribution in [0.25, 0.3) is 17.2 Å². The number of hydrogen-bond donors (Lipinski definition) is 0. The van der Waals surface area contributed by atoms with Gasteiger partial charge in [-0.1, -0.05) is 54.6 Å². The first-order chi connectivity index (χ1) is 8.93. The summed E-state index contributed by atoms with van der Waals surface area (Å²) in [5.74, 6) is 0.808. The van der Waals surface area contributed by atoms with Crippen molar-refractivity contribution in [1.82, 2.24) is 0 Å². The van der Waals surface area contributed by atoms with Crippen LogP contribution in [0.1, 0.15) is 35.4 Å². The molecule has 1 saturated carbocycles. The van der Waals surface area contributed by atoms with Gasteiger partial charge >= 0.3 is 0 Å². The quantitative estimate of drug-likeness (QED) is 0.697. The molecule has 0 heterocycles. The Hall–Kier alpha value is -1.82. The average molecular weight is 232 g/mol. The Labute approximate surface area is 108 Å². The van der Waals surface area contributed by atoms with E-state index in [1.807, 2.05) is 0 Å². The minimum atomic E-state index is 0.808. The monoisotopic (exact) mass is 232 g/mol. The molecule has 0 amide bonds. The lowest BCUT2D eigenvalue weighted by molar-refractivity contribution is 1.13. The molecule has 0 heteroatoms. The van der Waals surface area contributed by atoms with Gasteiger partial charge in [0.2, 0.25) is 0 Å². The molecule has 0 nitrogen and oxygen atoms in total. The molecule has 2 aromatic carbocycles. The van der Waals surface area contributed by atoms with Gasteiger partial charge in [-0.25, -0.2) is 0 Å². The third-order valence-corrected chi connectivity index (χ3v) is 4.09. The average Bonchev–Trinajstić information content (AvgIpc) is 3.15. The first-order valence-electron chi connectivity index (χ1n) is 6.81. The highest BCUT2D eigenvalue weighted by atomic mass is 14.3. The van der Waals surface area contributed by atoms with Crippen molar-refractivity contribution in [1.29, 1.82) is 0 Å². The number of benzene rings is 2. The smallest absolute Gasteiger partial charge is 0.00879 e. The summed E-state index contributed by atoms with van der Waals surface area (Å²) in [5.41, 5.74) is 7.32. The van der Waals surface area contributed by atoms with Gasteiger partial charge in [-0.05, 0) is 53.0 Å². The number of fused-ring (bicyclic) bond motifs is 1. The number of allylic oxidation sites excluding steroid dienone is 1. The molecule has 0 aromatic heterocycles. The lowest BCUT2D eigenvalue weighted by atomic mass is 9.92. The molecule has 1 fully saturated rings. The summed E-state index contributed by atoms with van der Waals surface area (Å²) in [6.45, 7) is 0. The van der Waals surface area contributed by atoms with Crippen molar-refractivity contribution in [2.24, 2.45) is 0 Å². The highest BCUT2D eigenvalue weighted by Gasteiger charge is 2.26. The fourth-order valence-corrected chi connectivity index (χ4v) is 3.02. The minimum Gasteiger partial charge on any atom is -0.0795 e. The largest absolute Gasteiger partial charge is 0.0795 e. The number of rotatable bonds is 2. The normalized spacial score (nSPS) is 16.9. The molecule has 2 aliphatic carbocycles. The summed E-state index contributed by atoms with van der Waals surface area (Å²) >= 11 is 0. The van der Waals surface area contributed by atoms with Crippen LogP contribution in [-0.2, 0) is 6.42 Å². The van der Waals surface area contributed by atoms with E-state index < -0.39 is 0 Å². The Kier molecular flexibility index (Phi) is 2.16. The Bertz CT molecular complexity index is 630. The van der Waals surface area contributed by atoms with Gasteiger partial charge in [0.05, 0.1) is 0 Å². The standard InChI is InChI=1S/C18H16/c1-2-8-17(15(7-1)14-11-12-14)18-10-4-6-13-5-3-9-16(13)18/h1-4,6-10,14H,5,11-12H2. The van der Waals surface area contributed by atoms with Crippen LogP contribution in [0.4, 0.5) is 0 Å². The topological polar surface area (TPSA) is 0 Å². The van der Waals surface area contributed by atoms with Gasteiger partial charge in [-0.15, -0.1) is 0 Å². The van der Waals surface area contributed by atoms with Crippen LogP contribution in [0.15, 0.2) is 48.5 Å². The maximum Gasteiger partial charge on any atom is -0.00879 e.